The Kier molecular flexibility index (Phi) is 522. The summed E-state index contributed by atoms with van der Waals surface area (Å²) in [4.78, 5) is 7.50. The van der Waals surface area contributed by atoms with Crippen LogP contribution >= 0.6 is 0 Å². The molecule has 28 valence electrons. The second-order valence-electron chi connectivity index (χ2n) is 0. The summed E-state index contributed by atoms with van der Waals surface area (Å²) < 4.78 is 0. The third-order valence-corrected chi connectivity index (χ3v) is 0. The maximum absolute atomic E-state index is 7.50. The average Bonchev–Trinajstić information content (AvgIpc) is 1.00. The lowest BCUT2D eigenvalue weighted by Crippen LogP contribution is -0.649. The smallest absolute Gasteiger partial charge is 0.0850 e. The molecule has 0 aromatic rings. The number of nitrogens with one attached hydrogen (secondary N) is 1. The van der Waals surface area contributed by atoms with Crippen molar-refractivity contribution >= 4 is 0 Å². The van der Waals surface area contributed by atoms with Crippen LogP contribution in [0.1, 0.15) is 0 Å². The van der Waals surface area contributed by atoms with Gasteiger partial charge in [0.2, 0.25) is 0 Å². The van der Waals surface area contributed by atoms with Crippen molar-refractivity contribution in [3.05, 3.63) is 4.91 Å². The van der Waals surface area contributed by atoms with Crippen LogP contribution in [-0.2, 0) is 0 Å². The van der Waals surface area contributed by atoms with Gasteiger partial charge < -0.3 is 11.6 Å². The molecule has 6 N–H and O–H groups in total. The third-order valence-electron chi connectivity index (χ3n) is 0. The number of rotatable bonds is 0. The van der Waals surface area contributed by atoms with Crippen molar-refractivity contribution < 1.29 is 5.48 Å². The van der Waals surface area contributed by atoms with Crippen molar-refractivity contribution in [1.29, 1.82) is 5.59 Å². The molecule has 0 radical (unpaired) electrons. The van der Waals surface area contributed by atoms with Crippen LogP contribution in [0.3, 0.4) is 0 Å². The lowest BCUT2D eigenvalue weighted by atomic mass is 13.8. The van der Waals surface area contributed by atoms with Crippen molar-refractivity contribution in [2.24, 2.45) is 0 Å². The van der Waals surface area contributed by atoms with E-state index in [-0.39, 0.29) is 11.6 Å². The highest BCUT2D eigenvalue weighted by Gasteiger charge is 0.588. The molecule has 4 heteroatoms. The number of nitroso groups, excluding NO2 is 1. The van der Waals surface area contributed by atoms with Gasteiger partial charge in [0.15, 0.2) is 0 Å². The van der Waals surface area contributed by atoms with Gasteiger partial charge in [-0.2, -0.15) is 4.91 Å². The molecule has 0 rings (SSSR count). The first-order valence-electron chi connectivity index (χ1n) is 0.204. The van der Waals surface area contributed by atoms with Gasteiger partial charge >= 0.3 is 0 Å². The van der Waals surface area contributed by atoms with Crippen LogP contribution in [0, 0.1) is 10.5 Å². The SMILES string of the molecule is N.N=O.O. The average molecular weight is 66.1 g/mol. The summed E-state index contributed by atoms with van der Waals surface area (Å²) in [6.45, 7) is 0. The van der Waals surface area contributed by atoms with Crippen LogP contribution in [0.2, 0.25) is 0 Å². The lowest BCUT2D eigenvalue weighted by molar-refractivity contribution is 0.824. The van der Waals surface area contributed by atoms with E-state index in [9.17, 15) is 0 Å². The summed E-state index contributed by atoms with van der Waals surface area (Å²) in [5, 5.41) is 0. The van der Waals surface area contributed by atoms with Crippen molar-refractivity contribution in [2.75, 3.05) is 0 Å². The normalized spacial score (nSPS) is 1.00. The maximum Gasteiger partial charge on any atom is -0.0850 e. The third kappa shape index (κ3) is 1.78. The van der Waals surface area contributed by atoms with Crippen molar-refractivity contribution in [3.8, 4) is 0 Å². The van der Waals surface area contributed by atoms with E-state index in [4.69, 9.17) is 4.91 Å². The van der Waals surface area contributed by atoms with E-state index in [0.717, 1.165) is 0 Å². The van der Waals surface area contributed by atoms with Crippen LogP contribution in [0.15, 0.2) is 0 Å². The van der Waals surface area contributed by atoms with E-state index in [1.807, 2.05) is 0 Å². The quantitative estimate of drug-likeness (QED) is 0.377. The highest BCUT2D eigenvalue weighted by molar-refractivity contribution is 3.63. The standard InChI is InChI=1S/HNO.H3N.H2O/c1-2;;/h1H;1H3;1H2. The summed E-state index contributed by atoms with van der Waals surface area (Å²) in [6.07, 6.45) is 0. The molecule has 0 aromatic heterocycles. The van der Waals surface area contributed by atoms with Gasteiger partial charge in [-0.1, -0.05) is 5.59 Å². The minimum absolute atomic E-state index is 0. The second kappa shape index (κ2) is 25.3. The molecule has 0 aromatic carbocycles. The fourth-order valence-electron chi connectivity index (χ4n) is 0. The topological polar surface area (TPSA) is 107 Å². The molecule has 0 spiro atoms. The fourth-order valence-corrected chi connectivity index (χ4v) is 0. The fraction of sp³-hybridized carbons (Fsp3) is 0. The molecule has 0 bridgehead atoms. The van der Waals surface area contributed by atoms with Crippen molar-refractivity contribution in [3.63, 3.8) is 0 Å². The van der Waals surface area contributed by atoms with Crippen LogP contribution in [0.4, 0.5) is 0 Å². The largest absolute Gasteiger partial charge is 0.412 e. The molecular formula is H6N2O2. The molecule has 0 aliphatic carbocycles. The molecule has 0 fully saturated rings. The molecule has 0 atom stereocenters. The lowest BCUT2D eigenvalue weighted by Gasteiger charge is -0.827. The predicted molar refractivity (Wildman–Crippen MR) is 14.7 cm³/mol. The Morgan fingerprint density at radius 3 is 1.25 bits per heavy atom. The zero-order valence-electron chi connectivity index (χ0n) is 2.12. The van der Waals surface area contributed by atoms with Crippen molar-refractivity contribution in [2.45, 2.75) is 0 Å². The first kappa shape index (κ1) is 82.7. The van der Waals surface area contributed by atoms with Gasteiger partial charge in [0.25, 0.3) is 0 Å². The van der Waals surface area contributed by atoms with E-state index in [1.54, 1.807) is 0 Å². The minimum atomic E-state index is 0. The summed E-state index contributed by atoms with van der Waals surface area (Å²) in [5.74, 6) is 0. The van der Waals surface area contributed by atoms with E-state index in [1.165, 1.54) is 0 Å². The Bertz CT molecular complexity index is 4.00. The first-order chi connectivity index (χ1) is 1.00. The molecule has 0 heterocycles. The van der Waals surface area contributed by atoms with Crippen LogP contribution in [0.5, 0.6) is 0 Å². The van der Waals surface area contributed by atoms with Gasteiger partial charge in [-0.25, -0.2) is 0 Å². The summed E-state index contributed by atoms with van der Waals surface area (Å²) in [5.41, 5.74) is 4.50. The Morgan fingerprint density at radius 1 is 1.25 bits per heavy atom. The minimum Gasteiger partial charge on any atom is -0.412 e. The number of hydrogen-bond acceptors (Lipinski definition) is 3. The Labute approximate surface area is 23.5 Å². The molecule has 0 unspecified atom stereocenters. The molecule has 0 aliphatic heterocycles. The van der Waals surface area contributed by atoms with E-state index < -0.39 is 0 Å². The van der Waals surface area contributed by atoms with Crippen LogP contribution in [0.25, 0.3) is 0 Å². The van der Waals surface area contributed by atoms with E-state index >= 15 is 0 Å². The maximum atomic E-state index is 7.50. The van der Waals surface area contributed by atoms with Gasteiger partial charge in [-0.05, 0) is 0 Å². The molecular weight excluding hydrogens is 60.0 g/mol. The predicted octanol–water partition coefficient (Wildman–Crippen LogP) is -0.331. The highest BCUT2D eigenvalue weighted by Crippen LogP contribution is 0.766. The molecule has 0 amide bonds. The van der Waals surface area contributed by atoms with Gasteiger partial charge in [0.05, 0.1) is 0 Å². The molecule has 4 nitrogen and oxygen atoms in total. The van der Waals surface area contributed by atoms with Gasteiger partial charge in [-0.3, -0.25) is 0 Å². The van der Waals surface area contributed by atoms with E-state index in [0.29, 0.717) is 0 Å². The highest BCUT2D eigenvalue weighted by atomic mass is 16.2. The first-order valence-corrected chi connectivity index (χ1v) is 0.204. The Balaban J connectivity index is -0.00000000500. The van der Waals surface area contributed by atoms with Gasteiger partial charge in [0.1, 0.15) is 0 Å². The zero-order chi connectivity index (χ0) is 2.00. The molecule has 0 saturated carbocycles. The van der Waals surface area contributed by atoms with Crippen molar-refractivity contribution in [1.82, 2.24) is 6.15 Å². The summed E-state index contributed by atoms with van der Waals surface area (Å²) in [7, 11) is 0. The molecule has 0 saturated heterocycles. The van der Waals surface area contributed by atoms with Crippen LogP contribution in [-0.4, -0.2) is 5.48 Å². The zero-order valence-corrected chi connectivity index (χ0v) is 2.12. The molecule has 4 heavy (non-hydrogen) atoms. The summed E-state index contributed by atoms with van der Waals surface area (Å²) in [6, 6.07) is 0. The van der Waals surface area contributed by atoms with Gasteiger partial charge in [-0.15, -0.1) is 0 Å². The Morgan fingerprint density at radius 2 is 1.25 bits per heavy atom. The van der Waals surface area contributed by atoms with Gasteiger partial charge in [0, 0.05) is 0 Å². The Hall–Kier alpha value is -0.480. The van der Waals surface area contributed by atoms with Crippen LogP contribution < -0.4 is 6.15 Å². The van der Waals surface area contributed by atoms with E-state index in [2.05, 4.69) is 5.59 Å². The monoisotopic (exact) mass is 66.0 g/mol. The number of hydrogen-bond donors (Lipinski definition) is 2. The summed E-state index contributed by atoms with van der Waals surface area (Å²) >= 11 is 0. The molecule has 0 aliphatic rings. The second-order valence-corrected chi connectivity index (χ2v) is 0.